The van der Waals surface area contributed by atoms with E-state index in [9.17, 15) is 4.79 Å². The first-order valence-corrected chi connectivity index (χ1v) is 9.49. The Bertz CT molecular complexity index is 959. The van der Waals surface area contributed by atoms with E-state index in [4.69, 9.17) is 10.7 Å². The number of hydrogen-bond acceptors (Lipinski definition) is 5. The molecule has 0 spiro atoms. The number of nitrogens with two attached hydrogens (primary N) is 1. The lowest BCUT2D eigenvalue weighted by Gasteiger charge is -2.19. The van der Waals surface area contributed by atoms with Crippen LogP contribution in [0.2, 0.25) is 0 Å². The monoisotopic (exact) mass is 443 g/mol. The maximum atomic E-state index is 12.8. The van der Waals surface area contributed by atoms with E-state index >= 15 is 0 Å². The zero-order valence-corrected chi connectivity index (χ0v) is 19.1. The van der Waals surface area contributed by atoms with Crippen LogP contribution in [0.3, 0.4) is 0 Å². The number of nitrogens with one attached hydrogen (secondary N) is 1. The fourth-order valence-corrected chi connectivity index (χ4v) is 3.51. The zero-order chi connectivity index (χ0) is 19.1. The molecule has 0 aliphatic carbocycles. The highest BCUT2D eigenvalue weighted by molar-refractivity contribution is 7.15. The standard InChI is InChI=1S/C19H25N5OS.2ClH/c1-11(2)24-17-14(9-22-24)13(18(25)21-10-19(4,5)20)8-15(23-17)16-7-6-12(3)26-16;;/h6-9,11H,10,20H2,1-5H3,(H,21,25);2*1H. The summed E-state index contributed by atoms with van der Waals surface area (Å²) in [5.74, 6) is -0.159. The normalized spacial score (nSPS) is 11.2. The van der Waals surface area contributed by atoms with Gasteiger partial charge >= 0.3 is 0 Å². The molecule has 3 heterocycles. The largest absolute Gasteiger partial charge is 0.350 e. The molecule has 0 saturated heterocycles. The highest BCUT2D eigenvalue weighted by Gasteiger charge is 2.20. The van der Waals surface area contributed by atoms with Crippen molar-refractivity contribution in [1.82, 2.24) is 20.1 Å². The van der Waals surface area contributed by atoms with Crippen molar-refractivity contribution in [2.24, 2.45) is 5.73 Å². The van der Waals surface area contributed by atoms with Crippen LogP contribution < -0.4 is 11.1 Å². The molecular formula is C19H27Cl2N5OS. The Morgan fingerprint density at radius 3 is 2.54 bits per heavy atom. The number of thiophene rings is 1. The van der Waals surface area contributed by atoms with Crippen LogP contribution in [-0.2, 0) is 0 Å². The lowest BCUT2D eigenvalue weighted by atomic mass is 10.1. The van der Waals surface area contributed by atoms with E-state index in [0.29, 0.717) is 12.1 Å². The van der Waals surface area contributed by atoms with Crippen molar-refractivity contribution in [3.8, 4) is 10.6 Å². The lowest BCUT2D eigenvalue weighted by Crippen LogP contribution is -2.45. The first kappa shape index (κ1) is 24.4. The molecule has 6 nitrogen and oxygen atoms in total. The van der Waals surface area contributed by atoms with E-state index in [1.54, 1.807) is 17.5 Å². The van der Waals surface area contributed by atoms with E-state index in [2.05, 4.69) is 23.4 Å². The molecule has 1 amide bonds. The summed E-state index contributed by atoms with van der Waals surface area (Å²) in [6.07, 6.45) is 1.72. The third-order valence-electron chi connectivity index (χ3n) is 4.00. The number of rotatable bonds is 5. The highest BCUT2D eigenvalue weighted by Crippen LogP contribution is 2.30. The van der Waals surface area contributed by atoms with E-state index < -0.39 is 5.54 Å². The Kier molecular flexibility index (Phi) is 8.02. The smallest absolute Gasteiger partial charge is 0.252 e. The minimum Gasteiger partial charge on any atom is -0.350 e. The Morgan fingerprint density at radius 2 is 2.00 bits per heavy atom. The van der Waals surface area contributed by atoms with Crippen LogP contribution in [0.1, 0.15) is 49.0 Å². The molecule has 0 unspecified atom stereocenters. The van der Waals surface area contributed by atoms with Gasteiger partial charge in [-0.3, -0.25) is 4.79 Å². The van der Waals surface area contributed by atoms with Gasteiger partial charge in [-0.25, -0.2) is 9.67 Å². The number of carbonyl (C=O) groups excluding carboxylic acids is 1. The van der Waals surface area contributed by atoms with E-state index in [1.807, 2.05) is 44.5 Å². The van der Waals surface area contributed by atoms with Gasteiger partial charge in [0.1, 0.15) is 0 Å². The molecule has 0 aromatic carbocycles. The van der Waals surface area contributed by atoms with Crippen LogP contribution in [0, 0.1) is 6.92 Å². The average Bonchev–Trinajstić information content (AvgIpc) is 3.16. The summed E-state index contributed by atoms with van der Waals surface area (Å²) in [6.45, 7) is 10.3. The Morgan fingerprint density at radius 1 is 1.32 bits per heavy atom. The number of aromatic nitrogens is 3. The molecule has 0 radical (unpaired) electrons. The summed E-state index contributed by atoms with van der Waals surface area (Å²) < 4.78 is 1.85. The highest BCUT2D eigenvalue weighted by atomic mass is 35.5. The third-order valence-corrected chi connectivity index (χ3v) is 5.02. The van der Waals surface area contributed by atoms with Gasteiger partial charge < -0.3 is 11.1 Å². The van der Waals surface area contributed by atoms with Gasteiger partial charge in [-0.05, 0) is 52.8 Å². The summed E-state index contributed by atoms with van der Waals surface area (Å²) in [5, 5.41) is 8.12. The predicted molar refractivity (Wildman–Crippen MR) is 121 cm³/mol. The van der Waals surface area contributed by atoms with Gasteiger partial charge in [0, 0.05) is 23.0 Å². The molecule has 9 heteroatoms. The van der Waals surface area contributed by atoms with E-state index in [-0.39, 0.29) is 36.8 Å². The molecule has 3 N–H and O–H groups in total. The molecule has 0 saturated carbocycles. The minimum atomic E-state index is -0.475. The summed E-state index contributed by atoms with van der Waals surface area (Å²) in [5.41, 5.74) is 7.61. The van der Waals surface area contributed by atoms with Crippen LogP contribution in [0.4, 0.5) is 0 Å². The number of hydrogen-bond donors (Lipinski definition) is 2. The molecule has 0 fully saturated rings. The van der Waals surface area contributed by atoms with Crippen molar-refractivity contribution < 1.29 is 4.79 Å². The molecule has 0 atom stereocenters. The second kappa shape index (κ2) is 9.22. The summed E-state index contributed by atoms with van der Waals surface area (Å²) in [7, 11) is 0. The lowest BCUT2D eigenvalue weighted by molar-refractivity contribution is 0.0947. The Balaban J connectivity index is 0.00000196. The molecule has 3 aromatic rings. The molecular weight excluding hydrogens is 417 g/mol. The third kappa shape index (κ3) is 5.23. The van der Waals surface area contributed by atoms with Crippen LogP contribution in [0.15, 0.2) is 24.4 Å². The van der Waals surface area contributed by atoms with Crippen LogP contribution in [-0.4, -0.2) is 32.8 Å². The number of aryl methyl sites for hydroxylation is 1. The quantitative estimate of drug-likeness (QED) is 0.612. The number of nitrogens with zero attached hydrogens (tertiary/aromatic N) is 3. The SMILES string of the molecule is Cc1ccc(-c2cc(C(=O)NCC(C)(C)N)c3cnn(C(C)C)c3n2)s1.Cl.Cl. The van der Waals surface area contributed by atoms with Gasteiger partial charge in [-0.2, -0.15) is 5.10 Å². The summed E-state index contributed by atoms with van der Waals surface area (Å²) >= 11 is 1.66. The van der Waals surface area contributed by atoms with Crippen molar-refractivity contribution in [3.63, 3.8) is 0 Å². The molecule has 3 aromatic heterocycles. The van der Waals surface area contributed by atoms with Gasteiger partial charge in [0.25, 0.3) is 5.91 Å². The van der Waals surface area contributed by atoms with Crippen molar-refractivity contribution in [1.29, 1.82) is 0 Å². The Hall–Kier alpha value is -1.67. The number of halogens is 2. The minimum absolute atomic E-state index is 0. The second-order valence-electron chi connectivity index (χ2n) is 7.56. The number of pyridine rings is 1. The summed E-state index contributed by atoms with van der Waals surface area (Å²) in [6, 6.07) is 6.09. The first-order chi connectivity index (χ1) is 12.2. The van der Waals surface area contributed by atoms with E-state index in [1.165, 1.54) is 4.88 Å². The number of carbonyl (C=O) groups is 1. The first-order valence-electron chi connectivity index (χ1n) is 8.68. The van der Waals surface area contributed by atoms with Crippen molar-refractivity contribution in [3.05, 3.63) is 34.8 Å². The molecule has 0 bridgehead atoms. The maximum absolute atomic E-state index is 12.8. The Labute approximate surface area is 181 Å². The van der Waals surface area contributed by atoms with Crippen LogP contribution in [0.5, 0.6) is 0 Å². The number of fused-ring (bicyclic) bond motifs is 1. The molecule has 154 valence electrons. The van der Waals surface area contributed by atoms with E-state index in [0.717, 1.165) is 21.6 Å². The van der Waals surface area contributed by atoms with Gasteiger partial charge in [0.05, 0.1) is 27.7 Å². The maximum Gasteiger partial charge on any atom is 0.252 e. The van der Waals surface area contributed by atoms with Crippen molar-refractivity contribution >= 4 is 53.1 Å². The van der Waals surface area contributed by atoms with Crippen molar-refractivity contribution in [2.45, 2.75) is 46.2 Å². The summed E-state index contributed by atoms with van der Waals surface area (Å²) in [4.78, 5) is 19.9. The fraction of sp³-hybridized carbons (Fsp3) is 0.421. The molecule has 0 aliphatic heterocycles. The van der Waals surface area contributed by atoms with Gasteiger partial charge in [0.2, 0.25) is 0 Å². The second-order valence-corrected chi connectivity index (χ2v) is 8.84. The fourth-order valence-electron chi connectivity index (χ4n) is 2.69. The van der Waals surface area contributed by atoms with Crippen molar-refractivity contribution in [2.75, 3.05) is 6.54 Å². The predicted octanol–water partition coefficient (Wildman–Crippen LogP) is 4.36. The molecule has 0 aliphatic rings. The van der Waals surface area contributed by atoms with Crippen LogP contribution in [0.25, 0.3) is 21.6 Å². The number of amides is 1. The zero-order valence-electron chi connectivity index (χ0n) is 16.6. The van der Waals surface area contributed by atoms with Gasteiger partial charge in [-0.15, -0.1) is 36.2 Å². The molecule has 28 heavy (non-hydrogen) atoms. The topological polar surface area (TPSA) is 85.8 Å². The average molecular weight is 444 g/mol. The molecule has 3 rings (SSSR count). The van der Waals surface area contributed by atoms with Gasteiger partial charge in [0.15, 0.2) is 5.65 Å². The van der Waals surface area contributed by atoms with Crippen LogP contribution >= 0.6 is 36.2 Å². The van der Waals surface area contributed by atoms with Gasteiger partial charge in [-0.1, -0.05) is 0 Å².